The molecule has 2 N–H and O–H groups in total. The van der Waals surface area contributed by atoms with Crippen molar-refractivity contribution in [1.29, 1.82) is 0 Å². The van der Waals surface area contributed by atoms with Crippen molar-refractivity contribution >= 4 is 11.6 Å². The Hall–Kier alpha value is -1.62. The number of piperidine rings is 1. The maximum atomic E-state index is 13.6. The van der Waals surface area contributed by atoms with Crippen LogP contribution in [0, 0.1) is 5.92 Å². The monoisotopic (exact) mass is 417 g/mol. The number of ether oxygens (including phenoxy) is 2. The Morgan fingerprint density at radius 3 is 2.67 bits per heavy atom. The van der Waals surface area contributed by atoms with Crippen molar-refractivity contribution in [3.05, 3.63) is 22.5 Å². The number of methoxy groups -OCH3 is 1. The topological polar surface area (TPSA) is 103 Å². The third kappa shape index (κ3) is 1.99. The van der Waals surface area contributed by atoms with Gasteiger partial charge >= 0.3 is 0 Å². The number of ketones is 2. The molecular weight excluding hydrogens is 390 g/mol. The number of allylic oxidation sites excluding steroid dienone is 2. The molecule has 8 atom stereocenters. The van der Waals surface area contributed by atoms with E-state index in [1.807, 2.05) is 11.9 Å². The number of carbonyl (C=O) groups excluding carboxylic acids is 2. The minimum atomic E-state index is -0.837. The summed E-state index contributed by atoms with van der Waals surface area (Å²) in [6.45, 7) is 2.54. The van der Waals surface area contributed by atoms with E-state index < -0.39 is 12.3 Å². The summed E-state index contributed by atoms with van der Waals surface area (Å²) in [5, 5.41) is 21.7. The zero-order chi connectivity index (χ0) is 21.1. The summed E-state index contributed by atoms with van der Waals surface area (Å²) >= 11 is 0. The zero-order valence-electron chi connectivity index (χ0n) is 17.3. The highest BCUT2D eigenvalue weighted by atomic mass is 16.5. The third-order valence-corrected chi connectivity index (χ3v) is 8.33. The second-order valence-corrected chi connectivity index (χ2v) is 9.26. The highest BCUT2D eigenvalue weighted by Gasteiger charge is 2.68. The van der Waals surface area contributed by atoms with Crippen molar-refractivity contribution in [2.45, 2.75) is 56.0 Å². The maximum absolute atomic E-state index is 13.6. The Labute approximate surface area is 174 Å². The second-order valence-electron chi connectivity index (χ2n) is 9.26. The number of hydrogen-bond acceptors (Lipinski definition) is 9. The van der Waals surface area contributed by atoms with Gasteiger partial charge in [-0.3, -0.25) is 24.3 Å². The Balaban J connectivity index is 1.61. The van der Waals surface area contributed by atoms with Crippen LogP contribution in [0.25, 0.3) is 0 Å². The fourth-order valence-corrected chi connectivity index (χ4v) is 7.26. The molecular formula is C21H27N3O6. The van der Waals surface area contributed by atoms with E-state index in [1.54, 1.807) is 6.92 Å². The molecule has 0 aromatic carbocycles. The number of Topliss-reactive ketones (excluding diaryl/α,β-unsaturated/α-hetero) is 2. The van der Waals surface area contributed by atoms with Crippen molar-refractivity contribution in [3.8, 4) is 0 Å². The van der Waals surface area contributed by atoms with Crippen molar-refractivity contribution in [2.24, 2.45) is 5.92 Å². The number of aliphatic hydroxyl groups is 2. The van der Waals surface area contributed by atoms with Crippen LogP contribution in [0.3, 0.4) is 0 Å². The molecule has 4 fully saturated rings. The Bertz CT molecular complexity index is 914. The summed E-state index contributed by atoms with van der Waals surface area (Å²) in [6.07, 6.45) is -0.184. The van der Waals surface area contributed by atoms with Gasteiger partial charge in [0.1, 0.15) is 12.5 Å². The number of aliphatic hydroxyl groups excluding tert-OH is 2. The molecule has 6 rings (SSSR count). The van der Waals surface area contributed by atoms with Gasteiger partial charge in [0.15, 0.2) is 11.5 Å². The first kappa shape index (κ1) is 19.1. The number of piperazine rings is 1. The second kappa shape index (κ2) is 6.21. The van der Waals surface area contributed by atoms with Gasteiger partial charge in [-0.1, -0.05) is 0 Å². The minimum absolute atomic E-state index is 0.0325. The first-order chi connectivity index (χ1) is 14.4. The number of likely N-dealkylation sites (N-methyl/N-ethyl adjacent to an activating group) is 1. The number of carbonyl (C=O) groups is 2. The van der Waals surface area contributed by atoms with E-state index in [0.717, 1.165) is 6.42 Å². The molecule has 30 heavy (non-hydrogen) atoms. The van der Waals surface area contributed by atoms with Crippen molar-refractivity contribution in [3.63, 3.8) is 0 Å². The molecule has 5 aliphatic heterocycles. The maximum Gasteiger partial charge on any atom is 0.226 e. The van der Waals surface area contributed by atoms with Gasteiger partial charge in [0.2, 0.25) is 5.78 Å². The summed E-state index contributed by atoms with van der Waals surface area (Å²) in [4.78, 5) is 33.3. The zero-order valence-corrected chi connectivity index (χ0v) is 17.3. The van der Waals surface area contributed by atoms with Crippen LogP contribution in [0.15, 0.2) is 22.5 Å². The van der Waals surface area contributed by atoms with Crippen LogP contribution in [0.1, 0.15) is 13.3 Å². The van der Waals surface area contributed by atoms with Crippen LogP contribution in [0.4, 0.5) is 0 Å². The Morgan fingerprint density at radius 2 is 1.97 bits per heavy atom. The van der Waals surface area contributed by atoms with E-state index in [-0.39, 0.29) is 65.8 Å². The van der Waals surface area contributed by atoms with Crippen molar-refractivity contribution in [1.82, 2.24) is 14.7 Å². The SMILES string of the molecule is COC1=C(C)C(=O)C2=C(C1=O)[C@@H](CO)N1C3C2N2CCOC2[C@@H]2C[C@H]([C@H]1O)N(C)C32. The standard InChI is InChI=1S/C21H27N3O6/c1-8-17(26)13-12(18(27)19(8)29-3)11(7-25)24-16-14-9(6-10(20(24)28)22(14)2)21-23(15(13)16)4-5-30-21/h9-11,14-16,20-21,25,28H,4-7H2,1-3H3/t9-,10-,11-,14?,15?,16?,20-,21?/m1/s1. The molecule has 2 bridgehead atoms. The van der Waals surface area contributed by atoms with E-state index in [4.69, 9.17) is 9.47 Å². The third-order valence-electron chi connectivity index (χ3n) is 8.33. The lowest BCUT2D eigenvalue weighted by Gasteiger charge is -2.61. The number of nitrogens with zero attached hydrogens (tertiary/aromatic N) is 3. The van der Waals surface area contributed by atoms with Crippen LogP contribution in [0.2, 0.25) is 0 Å². The molecule has 0 radical (unpaired) electrons. The fourth-order valence-electron chi connectivity index (χ4n) is 7.26. The first-order valence-electron chi connectivity index (χ1n) is 10.7. The average Bonchev–Trinajstić information content (AvgIpc) is 3.32. The number of hydrogen-bond donors (Lipinski definition) is 2. The van der Waals surface area contributed by atoms with Crippen LogP contribution in [0.5, 0.6) is 0 Å². The fraction of sp³-hybridized carbons (Fsp3) is 0.714. The molecule has 5 heterocycles. The minimum Gasteiger partial charge on any atom is -0.492 e. The molecule has 9 nitrogen and oxygen atoms in total. The summed E-state index contributed by atoms with van der Waals surface area (Å²) in [7, 11) is 3.41. The lowest BCUT2D eigenvalue weighted by atomic mass is 9.69. The van der Waals surface area contributed by atoms with Gasteiger partial charge in [-0.15, -0.1) is 0 Å². The van der Waals surface area contributed by atoms with Crippen LogP contribution in [-0.4, -0.2) is 113 Å². The number of rotatable bonds is 2. The van der Waals surface area contributed by atoms with Gasteiger partial charge in [-0.05, 0) is 20.4 Å². The van der Waals surface area contributed by atoms with E-state index in [0.29, 0.717) is 24.3 Å². The Kier molecular flexibility index (Phi) is 3.95. The molecule has 162 valence electrons. The van der Waals surface area contributed by atoms with Gasteiger partial charge in [-0.2, -0.15) is 0 Å². The van der Waals surface area contributed by atoms with Gasteiger partial charge in [0.25, 0.3) is 0 Å². The molecule has 1 aliphatic carbocycles. The molecule has 0 saturated carbocycles. The molecule has 4 saturated heterocycles. The predicted octanol–water partition coefficient (Wildman–Crippen LogP) is -1.54. The van der Waals surface area contributed by atoms with Crippen LogP contribution >= 0.6 is 0 Å². The molecule has 6 aliphatic rings. The highest BCUT2D eigenvalue weighted by molar-refractivity contribution is 6.25. The Morgan fingerprint density at radius 1 is 1.20 bits per heavy atom. The molecule has 9 heteroatoms. The number of fused-ring (bicyclic) bond motifs is 5. The lowest BCUT2D eigenvalue weighted by Crippen LogP contribution is -2.78. The van der Waals surface area contributed by atoms with E-state index in [1.165, 1.54) is 7.11 Å². The summed E-state index contributed by atoms with van der Waals surface area (Å²) in [6, 6.07) is -1.31. The molecule has 0 amide bonds. The average molecular weight is 417 g/mol. The quantitative estimate of drug-likeness (QED) is 0.518. The summed E-state index contributed by atoms with van der Waals surface area (Å²) in [5.74, 6) is -0.319. The summed E-state index contributed by atoms with van der Waals surface area (Å²) < 4.78 is 11.4. The van der Waals surface area contributed by atoms with E-state index >= 15 is 0 Å². The first-order valence-corrected chi connectivity index (χ1v) is 10.7. The van der Waals surface area contributed by atoms with Gasteiger partial charge < -0.3 is 19.7 Å². The smallest absolute Gasteiger partial charge is 0.226 e. The lowest BCUT2D eigenvalue weighted by molar-refractivity contribution is -0.187. The van der Waals surface area contributed by atoms with Gasteiger partial charge in [-0.25, -0.2) is 0 Å². The molecule has 0 aromatic rings. The highest BCUT2D eigenvalue weighted by Crippen LogP contribution is 2.54. The molecule has 0 aromatic heterocycles. The van der Waals surface area contributed by atoms with E-state index in [9.17, 15) is 19.8 Å². The largest absolute Gasteiger partial charge is 0.492 e. The van der Waals surface area contributed by atoms with Crippen molar-refractivity contribution < 1.29 is 29.3 Å². The predicted molar refractivity (Wildman–Crippen MR) is 103 cm³/mol. The van der Waals surface area contributed by atoms with Crippen molar-refractivity contribution in [2.75, 3.05) is 33.9 Å². The normalized spacial score (nSPS) is 45.9. The van der Waals surface area contributed by atoms with Gasteiger partial charge in [0.05, 0.1) is 32.4 Å². The van der Waals surface area contributed by atoms with E-state index in [2.05, 4.69) is 9.80 Å². The molecule has 4 unspecified atom stereocenters. The molecule has 0 spiro atoms. The van der Waals surface area contributed by atoms with Crippen LogP contribution in [-0.2, 0) is 19.1 Å². The van der Waals surface area contributed by atoms with Crippen LogP contribution < -0.4 is 0 Å². The van der Waals surface area contributed by atoms with Gasteiger partial charge in [0, 0.05) is 47.3 Å². The summed E-state index contributed by atoms with van der Waals surface area (Å²) in [5.41, 5.74) is 1.04.